The van der Waals surface area contributed by atoms with E-state index in [-0.39, 0.29) is 47.7 Å². The van der Waals surface area contributed by atoms with Crippen LogP contribution < -0.4 is 10.4 Å². The third-order valence-electron chi connectivity index (χ3n) is 9.93. The largest absolute Gasteiger partial charge is 0.389 e. The van der Waals surface area contributed by atoms with Crippen molar-refractivity contribution in [3.05, 3.63) is 106 Å². The number of aromatic nitrogens is 3. The molecule has 0 unspecified atom stereocenters. The average Bonchev–Trinajstić information content (AvgIpc) is 3.75. The van der Waals surface area contributed by atoms with Crippen LogP contribution in [0.5, 0.6) is 0 Å². The normalized spacial score (nSPS) is 23.2. The van der Waals surface area contributed by atoms with Crippen molar-refractivity contribution in [3.8, 4) is 0 Å². The van der Waals surface area contributed by atoms with E-state index < -0.39 is 44.6 Å². The van der Waals surface area contributed by atoms with E-state index in [1.54, 1.807) is 31.2 Å². The Labute approximate surface area is 282 Å². The second-order valence-corrected chi connectivity index (χ2v) is 15.7. The predicted molar refractivity (Wildman–Crippen MR) is 175 cm³/mol. The van der Waals surface area contributed by atoms with Crippen molar-refractivity contribution in [2.75, 3.05) is 18.6 Å². The van der Waals surface area contributed by atoms with Crippen LogP contribution in [0.25, 0.3) is 0 Å². The minimum atomic E-state index is -4.24. The van der Waals surface area contributed by atoms with Gasteiger partial charge in [0.2, 0.25) is 0 Å². The summed E-state index contributed by atoms with van der Waals surface area (Å²) < 4.78 is 76.9. The van der Waals surface area contributed by atoms with Gasteiger partial charge >= 0.3 is 0 Å². The number of aliphatic hydroxyl groups is 1. The molecule has 1 spiro atoms. The Morgan fingerprint density at radius 1 is 1.14 bits per heavy atom. The third-order valence-corrected chi connectivity index (χ3v) is 11.7. The lowest BCUT2D eigenvalue weighted by molar-refractivity contribution is 0.0379. The number of halogens is 3. The summed E-state index contributed by atoms with van der Waals surface area (Å²) in [4.78, 5) is 19.1. The summed E-state index contributed by atoms with van der Waals surface area (Å²) in [5.74, 6) is -4.24. The number of pyridine rings is 1. The average molecular weight is 695 g/mol. The predicted octanol–water partition coefficient (Wildman–Crippen LogP) is 5.17. The number of hydrazine groups is 1. The second kappa shape index (κ2) is 11.5. The number of benzene rings is 1. The number of sulfonamides is 1. The number of nitrogens with one attached hydrogen (secondary N) is 1. The molecule has 2 atom stereocenters. The Kier molecular flexibility index (Phi) is 7.82. The van der Waals surface area contributed by atoms with E-state index in [1.807, 2.05) is 6.08 Å². The molecule has 10 nitrogen and oxygen atoms in total. The third kappa shape index (κ3) is 5.64. The molecule has 2 heterocycles. The van der Waals surface area contributed by atoms with Crippen LogP contribution in [0.3, 0.4) is 0 Å². The summed E-state index contributed by atoms with van der Waals surface area (Å²) >= 11 is 0. The number of rotatable bonds is 8. The molecular formula is C35H37F3N6O4S. The molecule has 258 valence electrons. The zero-order valence-electron chi connectivity index (χ0n) is 27.5. The Morgan fingerprint density at radius 3 is 2.53 bits per heavy atom. The van der Waals surface area contributed by atoms with E-state index in [1.165, 1.54) is 59.5 Å². The van der Waals surface area contributed by atoms with Crippen LogP contribution in [0.1, 0.15) is 62.0 Å². The number of aryl methyl sites for hydroxylation is 1. The first-order valence-corrected chi connectivity index (χ1v) is 17.5. The van der Waals surface area contributed by atoms with E-state index in [0.29, 0.717) is 35.4 Å². The van der Waals surface area contributed by atoms with Crippen LogP contribution in [0.15, 0.2) is 93.9 Å². The van der Waals surface area contributed by atoms with Gasteiger partial charge in [-0.2, -0.15) is 18.2 Å². The molecule has 0 radical (unpaired) electrons. The molecule has 4 aliphatic carbocycles. The molecule has 4 aliphatic rings. The fourth-order valence-corrected chi connectivity index (χ4v) is 9.34. The van der Waals surface area contributed by atoms with Crippen LogP contribution >= 0.6 is 0 Å². The summed E-state index contributed by atoms with van der Waals surface area (Å²) in [6.07, 6.45) is 5.27. The number of ketones is 1. The number of alkyl halides is 2. The van der Waals surface area contributed by atoms with Crippen molar-refractivity contribution in [2.45, 2.75) is 68.5 Å². The monoisotopic (exact) mass is 694 g/mol. The van der Waals surface area contributed by atoms with E-state index >= 15 is 8.78 Å². The van der Waals surface area contributed by atoms with E-state index in [0.717, 1.165) is 11.6 Å². The van der Waals surface area contributed by atoms with Crippen molar-refractivity contribution in [1.82, 2.24) is 24.5 Å². The minimum Gasteiger partial charge on any atom is -0.389 e. The molecule has 49 heavy (non-hydrogen) atoms. The lowest BCUT2D eigenvalue weighted by atomic mass is 9.59. The van der Waals surface area contributed by atoms with Crippen LogP contribution in [-0.4, -0.2) is 63.6 Å². The maximum Gasteiger partial charge on any atom is 0.295 e. The highest BCUT2D eigenvalue weighted by Crippen LogP contribution is 2.60. The maximum absolute atomic E-state index is 16.0. The number of nitrogens with zero attached hydrogens (tertiary/aromatic N) is 5. The number of hydrogen-bond acceptors (Lipinski definition) is 8. The lowest BCUT2D eigenvalue weighted by Gasteiger charge is -2.48. The van der Waals surface area contributed by atoms with Gasteiger partial charge in [-0.1, -0.05) is 5.57 Å². The molecule has 1 aromatic carbocycles. The van der Waals surface area contributed by atoms with Crippen LogP contribution in [0, 0.1) is 11.2 Å². The topological polar surface area (TPSA) is 121 Å². The zero-order valence-corrected chi connectivity index (χ0v) is 28.4. The molecule has 14 heteroatoms. The second-order valence-electron chi connectivity index (χ2n) is 13.9. The first-order chi connectivity index (χ1) is 23.0. The molecule has 2 N–H and O–H groups in total. The standard InChI is InChI=1S/C35H37F3N6O4S/c1-33(2,46)20-43(49(47,48)31-12-14-42(4)41-31)25-8-5-21-16-30(44(39-3)24-9-6-23(36)7-10-24)27-19-34(21,18-25)32(45)29-15-22(11-13-40-29)35(37,38)28-17-26(27)28/h6-7,9-16,25,39,46H,5,8,17-20H2,1-4H3/t25-,34+/m0/s1. The Balaban J connectivity index is 1.41. The van der Waals surface area contributed by atoms with Crippen molar-refractivity contribution in [1.29, 1.82) is 0 Å². The number of fused-ring (bicyclic) bond motifs is 4. The van der Waals surface area contributed by atoms with Gasteiger partial charge in [0.05, 0.1) is 22.4 Å². The van der Waals surface area contributed by atoms with Crippen molar-refractivity contribution < 1.29 is 31.5 Å². The van der Waals surface area contributed by atoms with Crippen molar-refractivity contribution in [2.24, 2.45) is 12.5 Å². The summed E-state index contributed by atoms with van der Waals surface area (Å²) in [5.41, 5.74) is 2.63. The van der Waals surface area contributed by atoms with E-state index in [4.69, 9.17) is 0 Å². The molecule has 2 aromatic heterocycles. The van der Waals surface area contributed by atoms with Gasteiger partial charge in [0.15, 0.2) is 10.8 Å². The number of carbonyl (C=O) groups is 1. The molecule has 0 amide bonds. The highest BCUT2D eigenvalue weighted by atomic mass is 32.2. The SMILES string of the molecule is CNN(C1=C2C[C@@]3(C[C@@H](N(CC(C)(C)O)S(=O)(=O)c4ccn(C)n4)CCC3=C1)C(=O)c1cc(ccn1)C(F)(F)C1=C2C1)c1ccc(F)cc1. The van der Waals surface area contributed by atoms with E-state index in [2.05, 4.69) is 15.5 Å². The number of hydrogen-bond donors (Lipinski definition) is 2. The first-order valence-electron chi connectivity index (χ1n) is 16.1. The molecule has 1 saturated carbocycles. The van der Waals surface area contributed by atoms with Crippen LogP contribution in [0.2, 0.25) is 0 Å². The van der Waals surface area contributed by atoms with Gasteiger partial charge in [-0.05, 0) is 99.2 Å². The van der Waals surface area contributed by atoms with Gasteiger partial charge < -0.3 is 5.11 Å². The number of carbonyl (C=O) groups excluding carboxylic acids is 1. The number of Topliss-reactive ketones (excluding diaryl/α,β-unsaturated/α-hetero) is 1. The smallest absolute Gasteiger partial charge is 0.295 e. The summed E-state index contributed by atoms with van der Waals surface area (Å²) in [6, 6.07) is 8.77. The van der Waals surface area contributed by atoms with Gasteiger partial charge in [-0.15, -0.1) is 0 Å². The molecule has 0 aliphatic heterocycles. The summed E-state index contributed by atoms with van der Waals surface area (Å²) in [5, 5.41) is 16.6. The molecule has 3 aromatic rings. The Bertz CT molecular complexity index is 2070. The molecule has 7 rings (SSSR count). The van der Waals surface area contributed by atoms with Crippen LogP contribution in [0.4, 0.5) is 18.9 Å². The van der Waals surface area contributed by atoms with E-state index in [9.17, 15) is 22.7 Å². The van der Waals surface area contributed by atoms with Gasteiger partial charge in [-0.3, -0.25) is 19.5 Å². The molecular weight excluding hydrogens is 657 g/mol. The van der Waals surface area contributed by atoms with Crippen molar-refractivity contribution in [3.63, 3.8) is 0 Å². The first kappa shape index (κ1) is 33.4. The Morgan fingerprint density at radius 2 is 1.88 bits per heavy atom. The van der Waals surface area contributed by atoms with Crippen molar-refractivity contribution >= 4 is 21.5 Å². The minimum absolute atomic E-state index is 0.0175. The lowest BCUT2D eigenvalue weighted by Crippen LogP contribution is -2.53. The summed E-state index contributed by atoms with van der Waals surface area (Å²) in [6.45, 7) is 2.77. The molecule has 1 fully saturated rings. The molecule has 0 saturated heterocycles. The van der Waals surface area contributed by atoms with Gasteiger partial charge in [-0.25, -0.2) is 18.2 Å². The number of anilines is 1. The quantitative estimate of drug-likeness (QED) is 0.310. The molecule has 4 bridgehead atoms. The maximum atomic E-state index is 16.0. The highest BCUT2D eigenvalue weighted by Gasteiger charge is 2.56. The number of allylic oxidation sites excluding steroid dienone is 5. The van der Waals surface area contributed by atoms with Crippen LogP contribution in [-0.2, 0) is 23.0 Å². The van der Waals surface area contributed by atoms with Gasteiger partial charge in [0.25, 0.3) is 15.9 Å². The van der Waals surface area contributed by atoms with Gasteiger partial charge in [0, 0.05) is 56.6 Å². The zero-order chi connectivity index (χ0) is 35.1. The van der Waals surface area contributed by atoms with Gasteiger partial charge in [0.1, 0.15) is 11.5 Å². The fraction of sp³-hybridized carbons (Fsp3) is 0.400. The highest BCUT2D eigenvalue weighted by molar-refractivity contribution is 7.89. The fourth-order valence-electron chi connectivity index (χ4n) is 7.58. The summed E-state index contributed by atoms with van der Waals surface area (Å²) in [7, 11) is -0.969. The Hall–Kier alpha value is -4.11.